The first-order valence-corrected chi connectivity index (χ1v) is 6.06. The molecule has 0 heterocycles. The molecule has 1 N–H and O–H groups in total. The van der Waals surface area contributed by atoms with Gasteiger partial charge in [0.25, 0.3) is 0 Å². The minimum absolute atomic E-state index is 0.105. The van der Waals surface area contributed by atoms with Crippen molar-refractivity contribution < 1.29 is 4.79 Å². The average molecular weight is 240 g/mol. The number of hydrogen-bond acceptors (Lipinski definition) is 1. The van der Waals surface area contributed by atoms with Crippen LogP contribution < -0.4 is 5.32 Å². The molecule has 16 heavy (non-hydrogen) atoms. The molecular formula is C13H18ClNO. The molecule has 1 aromatic rings. The van der Waals surface area contributed by atoms with E-state index in [0.717, 1.165) is 12.8 Å². The Morgan fingerprint density at radius 3 is 2.38 bits per heavy atom. The predicted octanol–water partition coefficient (Wildman–Crippen LogP) is 2.54. The molecule has 1 atom stereocenters. The van der Waals surface area contributed by atoms with Crippen LogP contribution in [0.15, 0.2) is 24.3 Å². The Morgan fingerprint density at radius 2 is 1.88 bits per heavy atom. The number of carbonyl (C=O) groups is 1. The van der Waals surface area contributed by atoms with E-state index >= 15 is 0 Å². The third-order valence-electron chi connectivity index (χ3n) is 2.51. The quantitative estimate of drug-likeness (QED) is 0.787. The second kappa shape index (κ2) is 6.54. The van der Waals surface area contributed by atoms with Crippen LogP contribution in [0.3, 0.4) is 0 Å². The van der Waals surface area contributed by atoms with Crippen LogP contribution >= 0.6 is 11.6 Å². The van der Waals surface area contributed by atoms with Crippen molar-refractivity contribution in [2.24, 2.45) is 0 Å². The van der Waals surface area contributed by atoms with E-state index in [0.29, 0.717) is 6.54 Å². The monoisotopic (exact) mass is 239 g/mol. The van der Waals surface area contributed by atoms with Gasteiger partial charge in [-0.1, -0.05) is 31.2 Å². The van der Waals surface area contributed by atoms with Gasteiger partial charge in [0.2, 0.25) is 5.91 Å². The van der Waals surface area contributed by atoms with E-state index in [1.165, 1.54) is 11.1 Å². The van der Waals surface area contributed by atoms with Gasteiger partial charge in [0.15, 0.2) is 0 Å². The van der Waals surface area contributed by atoms with Crippen LogP contribution in [0.5, 0.6) is 0 Å². The molecular weight excluding hydrogens is 222 g/mol. The van der Waals surface area contributed by atoms with Crippen LogP contribution in [-0.2, 0) is 17.6 Å². The molecule has 0 saturated heterocycles. The van der Waals surface area contributed by atoms with Crippen molar-refractivity contribution in [3.63, 3.8) is 0 Å². The van der Waals surface area contributed by atoms with Crippen LogP contribution in [0, 0.1) is 0 Å². The third-order valence-corrected chi connectivity index (χ3v) is 2.70. The lowest BCUT2D eigenvalue weighted by atomic mass is 10.1. The van der Waals surface area contributed by atoms with Crippen LogP contribution in [0.2, 0.25) is 0 Å². The van der Waals surface area contributed by atoms with Crippen molar-refractivity contribution in [3.05, 3.63) is 35.4 Å². The Hall–Kier alpha value is -1.02. The van der Waals surface area contributed by atoms with Gasteiger partial charge in [-0.15, -0.1) is 11.6 Å². The summed E-state index contributed by atoms with van der Waals surface area (Å²) in [6.07, 6.45) is 1.90. The number of amides is 1. The third kappa shape index (κ3) is 4.23. The maximum Gasteiger partial charge on any atom is 0.237 e. The summed E-state index contributed by atoms with van der Waals surface area (Å²) in [6.45, 7) is 4.45. The minimum atomic E-state index is -0.456. The second-order valence-electron chi connectivity index (χ2n) is 3.83. The largest absolute Gasteiger partial charge is 0.354 e. The highest BCUT2D eigenvalue weighted by Gasteiger charge is 2.07. The summed E-state index contributed by atoms with van der Waals surface area (Å²) in [6, 6.07) is 8.47. The van der Waals surface area contributed by atoms with Gasteiger partial charge in [-0.25, -0.2) is 0 Å². The van der Waals surface area contributed by atoms with Gasteiger partial charge in [-0.2, -0.15) is 0 Å². The van der Waals surface area contributed by atoms with Crippen molar-refractivity contribution in [2.75, 3.05) is 6.54 Å². The van der Waals surface area contributed by atoms with Crippen molar-refractivity contribution in [1.29, 1.82) is 0 Å². The average Bonchev–Trinajstić information content (AvgIpc) is 2.29. The highest BCUT2D eigenvalue weighted by molar-refractivity contribution is 6.30. The Morgan fingerprint density at radius 1 is 1.31 bits per heavy atom. The summed E-state index contributed by atoms with van der Waals surface area (Å²) in [5, 5.41) is 2.33. The van der Waals surface area contributed by atoms with Gasteiger partial charge in [-0.3, -0.25) is 4.79 Å². The molecule has 0 spiro atoms. The summed E-state index contributed by atoms with van der Waals surface area (Å²) in [7, 11) is 0. The molecule has 0 aliphatic carbocycles. The zero-order valence-electron chi connectivity index (χ0n) is 9.79. The number of rotatable bonds is 5. The number of hydrogen-bond donors (Lipinski definition) is 1. The molecule has 88 valence electrons. The van der Waals surface area contributed by atoms with Gasteiger partial charge in [0.1, 0.15) is 5.38 Å². The van der Waals surface area contributed by atoms with Gasteiger partial charge >= 0.3 is 0 Å². The Labute approximate surface area is 102 Å². The van der Waals surface area contributed by atoms with Gasteiger partial charge in [0.05, 0.1) is 0 Å². The molecule has 0 aliphatic rings. The second-order valence-corrected chi connectivity index (χ2v) is 4.48. The summed E-state index contributed by atoms with van der Waals surface area (Å²) < 4.78 is 0. The number of benzene rings is 1. The SMILES string of the molecule is CCc1ccc(CCNC(=O)C(C)Cl)cc1. The first-order chi connectivity index (χ1) is 7.63. The topological polar surface area (TPSA) is 29.1 Å². The molecule has 0 saturated carbocycles. The fourth-order valence-corrected chi connectivity index (χ4v) is 1.49. The molecule has 0 aliphatic heterocycles. The number of halogens is 1. The zero-order valence-corrected chi connectivity index (χ0v) is 10.6. The van der Waals surface area contributed by atoms with Crippen molar-refractivity contribution >= 4 is 17.5 Å². The number of aryl methyl sites for hydroxylation is 1. The molecule has 2 nitrogen and oxygen atoms in total. The van der Waals surface area contributed by atoms with Crippen LogP contribution in [0.4, 0.5) is 0 Å². The van der Waals surface area contributed by atoms with Gasteiger partial charge in [0, 0.05) is 6.54 Å². The molecule has 0 bridgehead atoms. The lowest BCUT2D eigenvalue weighted by Crippen LogP contribution is -2.31. The zero-order chi connectivity index (χ0) is 12.0. The van der Waals surface area contributed by atoms with Crippen molar-refractivity contribution in [1.82, 2.24) is 5.32 Å². The summed E-state index contributed by atoms with van der Waals surface area (Å²) in [4.78, 5) is 11.2. The Balaban J connectivity index is 2.34. The van der Waals surface area contributed by atoms with Gasteiger partial charge in [-0.05, 0) is 30.9 Å². The summed E-state index contributed by atoms with van der Waals surface area (Å²) in [5.74, 6) is -0.105. The van der Waals surface area contributed by atoms with E-state index in [9.17, 15) is 4.79 Å². The molecule has 1 unspecified atom stereocenters. The fourth-order valence-electron chi connectivity index (χ4n) is 1.41. The predicted molar refractivity (Wildman–Crippen MR) is 67.8 cm³/mol. The highest BCUT2D eigenvalue weighted by Crippen LogP contribution is 2.05. The van der Waals surface area contributed by atoms with E-state index in [4.69, 9.17) is 11.6 Å². The molecule has 1 aromatic carbocycles. The molecule has 0 aromatic heterocycles. The molecule has 3 heteroatoms. The molecule has 0 radical (unpaired) electrons. The highest BCUT2D eigenvalue weighted by atomic mass is 35.5. The number of carbonyl (C=O) groups excluding carboxylic acids is 1. The van der Waals surface area contributed by atoms with E-state index in [1.807, 2.05) is 0 Å². The van der Waals surface area contributed by atoms with Crippen LogP contribution in [0.25, 0.3) is 0 Å². The fraction of sp³-hybridized carbons (Fsp3) is 0.462. The summed E-state index contributed by atoms with van der Waals surface area (Å²) >= 11 is 5.64. The van der Waals surface area contributed by atoms with E-state index in [1.54, 1.807) is 6.92 Å². The summed E-state index contributed by atoms with van der Waals surface area (Å²) in [5.41, 5.74) is 2.57. The van der Waals surface area contributed by atoms with Crippen molar-refractivity contribution in [3.8, 4) is 0 Å². The minimum Gasteiger partial charge on any atom is -0.354 e. The van der Waals surface area contributed by atoms with Crippen LogP contribution in [0.1, 0.15) is 25.0 Å². The lowest BCUT2D eigenvalue weighted by molar-refractivity contribution is -0.120. The normalized spacial score (nSPS) is 12.2. The smallest absolute Gasteiger partial charge is 0.237 e. The standard InChI is InChI=1S/C13H18ClNO/c1-3-11-4-6-12(7-5-11)8-9-15-13(16)10(2)14/h4-7,10H,3,8-9H2,1-2H3,(H,15,16). The number of alkyl halides is 1. The Kier molecular flexibility index (Phi) is 5.33. The maximum atomic E-state index is 11.2. The van der Waals surface area contributed by atoms with Crippen molar-refractivity contribution in [2.45, 2.75) is 32.1 Å². The first kappa shape index (κ1) is 13.0. The van der Waals surface area contributed by atoms with E-state index in [2.05, 4.69) is 36.5 Å². The first-order valence-electron chi connectivity index (χ1n) is 5.63. The molecule has 0 fully saturated rings. The van der Waals surface area contributed by atoms with E-state index < -0.39 is 5.38 Å². The lowest BCUT2D eigenvalue weighted by Gasteiger charge is -2.06. The van der Waals surface area contributed by atoms with Crippen LogP contribution in [-0.4, -0.2) is 17.8 Å². The number of nitrogens with one attached hydrogen (secondary N) is 1. The molecule has 1 amide bonds. The maximum absolute atomic E-state index is 11.2. The molecule has 1 rings (SSSR count). The van der Waals surface area contributed by atoms with Gasteiger partial charge < -0.3 is 5.32 Å². The Bertz CT molecular complexity index is 332. The van der Waals surface area contributed by atoms with E-state index in [-0.39, 0.29) is 5.91 Å².